The van der Waals surface area contributed by atoms with Crippen molar-refractivity contribution >= 4 is 22.1 Å². The van der Waals surface area contributed by atoms with Crippen LogP contribution < -0.4 is 0 Å². The van der Waals surface area contributed by atoms with Crippen molar-refractivity contribution in [1.82, 2.24) is 28.1 Å². The van der Waals surface area contributed by atoms with Gasteiger partial charge in [-0.2, -0.15) is 0 Å². The molecule has 8 heteroatoms. The zero-order valence-electron chi connectivity index (χ0n) is 26.8. The van der Waals surface area contributed by atoms with Crippen molar-refractivity contribution in [2.45, 2.75) is 74.7 Å². The topological polar surface area (TPSA) is 68.0 Å². The lowest BCUT2D eigenvalue weighted by Crippen LogP contribution is -1.96. The lowest BCUT2D eigenvalue weighted by atomic mass is 10.0. The summed E-state index contributed by atoms with van der Waals surface area (Å²) >= 11 is 0. The first kappa shape index (κ1) is 31.2. The summed E-state index contributed by atoms with van der Waals surface area (Å²) < 4.78 is 8.28. The number of phenolic OH excluding ortho intramolecular Hbond substituents is 2. The number of aromatic hydroxyl groups is 2. The molecular formula is C35H46N6O2. The van der Waals surface area contributed by atoms with E-state index >= 15 is 0 Å². The van der Waals surface area contributed by atoms with Gasteiger partial charge in [-0.15, -0.1) is 28.1 Å². The quantitative estimate of drug-likeness (QED) is 0.206. The Labute approximate surface area is 253 Å². The maximum Gasteiger partial charge on any atom is 0.143 e. The maximum atomic E-state index is 10.2. The highest BCUT2D eigenvalue weighted by atomic mass is 16.3. The van der Waals surface area contributed by atoms with Gasteiger partial charge in [-0.25, -0.2) is 0 Å². The van der Waals surface area contributed by atoms with Gasteiger partial charge in [0.05, 0.1) is 0 Å². The number of nitrogens with zero attached hydrogens (tertiary/aromatic N) is 6. The molecule has 0 spiro atoms. The van der Waals surface area contributed by atoms with Crippen LogP contribution in [0.1, 0.15) is 72.9 Å². The van der Waals surface area contributed by atoms with Crippen LogP contribution in [0, 0.1) is 0 Å². The van der Waals surface area contributed by atoms with E-state index in [1.54, 1.807) is 12.1 Å². The fraction of sp³-hybridized carbons (Fsp3) is 0.314. The minimum Gasteiger partial charge on any atom is -0.506 e. The molecule has 43 heavy (non-hydrogen) atoms. The van der Waals surface area contributed by atoms with Gasteiger partial charge in [0.25, 0.3) is 0 Å². The third-order valence-corrected chi connectivity index (χ3v) is 7.08. The molecule has 0 amide bonds. The molecule has 8 rings (SSSR count). The van der Waals surface area contributed by atoms with Gasteiger partial charge >= 0.3 is 0 Å². The lowest BCUT2D eigenvalue weighted by molar-refractivity contribution is 0.471. The minimum atomic E-state index is 0.279. The maximum absolute atomic E-state index is 10.2. The summed E-state index contributed by atoms with van der Waals surface area (Å²) in [4.78, 5) is 3.97. The fourth-order valence-corrected chi connectivity index (χ4v) is 5.26. The van der Waals surface area contributed by atoms with Crippen LogP contribution in [0.25, 0.3) is 33.4 Å². The summed E-state index contributed by atoms with van der Waals surface area (Å²) in [5, 5.41) is 20.3. The molecule has 0 bridgehead atoms. The number of rotatable bonds is 6. The van der Waals surface area contributed by atoms with Crippen molar-refractivity contribution in [3.8, 4) is 22.9 Å². The Bertz CT molecular complexity index is 1830. The number of aryl methyl sites for hydroxylation is 2. The SMILES string of the molecule is CC.CC.CC.CC.Oc1ccccc1-n1n2c3ccc(CCCc4ccc5c(c4)n4n(-c6ccccc6O)n54)cc3n12. The fourth-order valence-electron chi connectivity index (χ4n) is 5.26. The van der Waals surface area contributed by atoms with Gasteiger partial charge in [0.15, 0.2) is 0 Å². The Morgan fingerprint density at radius 1 is 0.442 bits per heavy atom. The molecule has 0 fully saturated rings. The Morgan fingerprint density at radius 3 is 1.16 bits per heavy atom. The molecule has 0 aliphatic rings. The van der Waals surface area contributed by atoms with E-state index in [2.05, 4.69) is 54.9 Å². The number of benzene rings is 4. The summed E-state index contributed by atoms with van der Waals surface area (Å²) in [6.07, 6.45) is 3.08. The predicted octanol–water partition coefficient (Wildman–Crippen LogP) is 8.85. The van der Waals surface area contributed by atoms with Crippen molar-refractivity contribution < 1.29 is 10.2 Å². The molecule has 0 aliphatic heterocycles. The van der Waals surface area contributed by atoms with Crippen LogP contribution in [-0.2, 0) is 12.8 Å². The molecule has 2 N–H and O–H groups in total. The van der Waals surface area contributed by atoms with E-state index in [0.29, 0.717) is 0 Å². The van der Waals surface area contributed by atoms with Crippen LogP contribution in [-0.4, -0.2) is 38.3 Å². The van der Waals surface area contributed by atoms with Gasteiger partial charge in [0, 0.05) is 0 Å². The monoisotopic (exact) mass is 582 g/mol. The average Bonchev–Trinajstić information content (AvgIpc) is 3.93. The first-order valence-electron chi connectivity index (χ1n) is 15.8. The number of hydrogen-bond donors (Lipinski definition) is 2. The average molecular weight is 583 g/mol. The van der Waals surface area contributed by atoms with Crippen LogP contribution in [0.4, 0.5) is 0 Å². The van der Waals surface area contributed by atoms with Crippen molar-refractivity contribution in [1.29, 1.82) is 0 Å². The van der Waals surface area contributed by atoms with Gasteiger partial charge in [-0.05, 0) is 78.9 Å². The van der Waals surface area contributed by atoms with Crippen molar-refractivity contribution in [3.05, 3.63) is 96.1 Å². The normalized spacial score (nSPS) is 10.8. The van der Waals surface area contributed by atoms with Crippen molar-refractivity contribution in [2.75, 3.05) is 0 Å². The zero-order valence-corrected chi connectivity index (χ0v) is 26.8. The Kier molecular flexibility index (Phi) is 9.80. The summed E-state index contributed by atoms with van der Waals surface area (Å²) in [5.41, 5.74) is 8.90. The zero-order chi connectivity index (χ0) is 31.3. The van der Waals surface area contributed by atoms with E-state index in [4.69, 9.17) is 0 Å². The van der Waals surface area contributed by atoms with Crippen LogP contribution >= 0.6 is 0 Å². The second-order valence-electron chi connectivity index (χ2n) is 9.21. The molecule has 4 heterocycles. The van der Waals surface area contributed by atoms with E-state index in [1.165, 1.54) is 22.2 Å². The highest BCUT2D eigenvalue weighted by Gasteiger charge is 2.26. The van der Waals surface area contributed by atoms with E-state index in [9.17, 15) is 10.2 Å². The van der Waals surface area contributed by atoms with E-state index in [-0.39, 0.29) is 11.5 Å². The van der Waals surface area contributed by atoms with Gasteiger partial charge in [-0.1, -0.05) is 91.8 Å². The molecule has 8 aromatic rings. The second-order valence-corrected chi connectivity index (χ2v) is 9.21. The highest BCUT2D eigenvalue weighted by molar-refractivity contribution is 5.81. The first-order chi connectivity index (χ1) is 21.2. The Balaban J connectivity index is 0.000000492. The minimum absolute atomic E-state index is 0.279. The summed E-state index contributed by atoms with van der Waals surface area (Å²) in [6, 6.07) is 28.0. The summed E-state index contributed by atoms with van der Waals surface area (Å²) in [6.45, 7) is 16.0. The van der Waals surface area contributed by atoms with Crippen LogP contribution in [0.3, 0.4) is 0 Å². The highest BCUT2D eigenvalue weighted by Crippen LogP contribution is 2.32. The second kappa shape index (κ2) is 13.5. The predicted molar refractivity (Wildman–Crippen MR) is 178 cm³/mol. The summed E-state index contributed by atoms with van der Waals surface area (Å²) in [5.74, 6) is 0.557. The van der Waals surface area contributed by atoms with Crippen molar-refractivity contribution in [3.63, 3.8) is 0 Å². The Hall–Kier alpha value is -4.72. The smallest absolute Gasteiger partial charge is 0.143 e. The molecule has 0 atom stereocenters. The van der Waals surface area contributed by atoms with Crippen LogP contribution in [0.2, 0.25) is 0 Å². The summed E-state index contributed by atoms with van der Waals surface area (Å²) in [7, 11) is 0. The number of hydrogen-bond acceptors (Lipinski definition) is 2. The van der Waals surface area contributed by atoms with Gasteiger partial charge < -0.3 is 10.2 Å². The van der Waals surface area contributed by atoms with Gasteiger partial charge in [0.2, 0.25) is 0 Å². The van der Waals surface area contributed by atoms with Crippen LogP contribution in [0.5, 0.6) is 11.5 Å². The third-order valence-electron chi connectivity index (χ3n) is 7.08. The van der Waals surface area contributed by atoms with E-state index < -0.39 is 0 Å². The molecular weight excluding hydrogens is 536 g/mol. The van der Waals surface area contributed by atoms with E-state index in [0.717, 1.165) is 41.7 Å². The molecule has 4 aromatic carbocycles. The number of aromatic nitrogens is 6. The molecule has 0 saturated carbocycles. The van der Waals surface area contributed by atoms with Gasteiger partial charge in [0.1, 0.15) is 44.9 Å². The third kappa shape index (κ3) is 5.33. The molecule has 0 unspecified atom stereocenters. The van der Waals surface area contributed by atoms with Crippen LogP contribution in [0.15, 0.2) is 84.9 Å². The number of para-hydroxylation sites is 4. The molecule has 0 radical (unpaired) electrons. The molecule has 0 saturated heterocycles. The molecule has 8 nitrogen and oxygen atoms in total. The van der Waals surface area contributed by atoms with Gasteiger partial charge in [-0.3, -0.25) is 0 Å². The Morgan fingerprint density at radius 2 is 0.791 bits per heavy atom. The lowest BCUT2D eigenvalue weighted by Gasteiger charge is -2.06. The number of fused-ring (bicyclic) bond motifs is 8. The molecule has 4 aromatic heterocycles. The first-order valence-corrected chi connectivity index (χ1v) is 15.8. The van der Waals surface area contributed by atoms with E-state index in [1.807, 2.05) is 101 Å². The standard InChI is InChI=1S/C27H22N6O2.4C2H6/c34-26-10-3-1-8-22(26)30-28-20-14-12-18(16-24(20)32(28)30)6-5-7-19-13-15-21-25(17-19)33-29(21)31(33)23-9-2-4-11-27(23)35;4*1-2/h1-4,8-17,34-35H,5-7H2;4*1-2H3. The molecule has 228 valence electrons. The largest absolute Gasteiger partial charge is 0.506 e. The molecule has 0 aliphatic carbocycles. The number of phenols is 2. The van der Waals surface area contributed by atoms with Crippen molar-refractivity contribution in [2.24, 2.45) is 0 Å².